The van der Waals surface area contributed by atoms with Gasteiger partial charge < -0.3 is 24.5 Å². The molecule has 1 spiro atoms. The first-order valence-corrected chi connectivity index (χ1v) is 15.3. The van der Waals surface area contributed by atoms with Crippen LogP contribution in [-0.2, 0) is 19.1 Å². The van der Waals surface area contributed by atoms with E-state index in [1.165, 1.54) is 0 Å². The number of anilines is 1. The molecule has 1 N–H and O–H groups in total. The molecule has 6 atom stereocenters. The Morgan fingerprint density at radius 2 is 1.80 bits per heavy atom. The summed E-state index contributed by atoms with van der Waals surface area (Å²) in [7, 11) is 0. The highest BCUT2D eigenvalue weighted by atomic mass is 32.2. The molecular weight excluding hydrogens is 528 g/mol. The fraction of sp³-hybridized carbons (Fsp3) is 0.567. The van der Waals surface area contributed by atoms with Crippen LogP contribution < -0.4 is 4.90 Å². The molecule has 5 aliphatic heterocycles. The second-order valence-corrected chi connectivity index (χ2v) is 12.7. The highest BCUT2D eigenvalue weighted by Crippen LogP contribution is 2.61. The maximum absolute atomic E-state index is 14.4. The van der Waals surface area contributed by atoms with Crippen molar-refractivity contribution in [3.63, 3.8) is 0 Å². The Labute approximate surface area is 239 Å². The molecule has 3 amide bonds. The number of nitrogens with zero attached hydrogens (tertiary/aromatic N) is 4. The van der Waals surface area contributed by atoms with Gasteiger partial charge in [0.1, 0.15) is 6.04 Å². The lowest BCUT2D eigenvalue weighted by Gasteiger charge is -2.38. The van der Waals surface area contributed by atoms with Crippen LogP contribution >= 0.6 is 11.8 Å². The molecule has 0 bridgehead atoms. The van der Waals surface area contributed by atoms with E-state index in [0.29, 0.717) is 39.3 Å². The van der Waals surface area contributed by atoms with Crippen molar-refractivity contribution in [1.82, 2.24) is 14.7 Å². The van der Waals surface area contributed by atoms with Crippen LogP contribution in [-0.4, -0.2) is 119 Å². The minimum Gasteiger partial charge on any atom is -0.394 e. The van der Waals surface area contributed by atoms with E-state index in [1.54, 1.807) is 21.6 Å². The second-order valence-electron chi connectivity index (χ2n) is 11.2. The number of fused-ring (bicyclic) bond motifs is 2. The van der Waals surface area contributed by atoms with E-state index in [-0.39, 0.29) is 29.6 Å². The number of carbonyl (C=O) groups excluding carboxylic acids is 3. The van der Waals surface area contributed by atoms with Gasteiger partial charge in [-0.2, -0.15) is 0 Å². The topological polar surface area (TPSA) is 93.6 Å². The predicted molar refractivity (Wildman–Crippen MR) is 154 cm³/mol. The van der Waals surface area contributed by atoms with Gasteiger partial charge in [0.2, 0.25) is 17.7 Å². The van der Waals surface area contributed by atoms with Crippen LogP contribution in [0.3, 0.4) is 0 Å². The van der Waals surface area contributed by atoms with Crippen molar-refractivity contribution in [3.8, 4) is 0 Å². The predicted octanol–water partition coefficient (Wildman–Crippen LogP) is 1.39. The van der Waals surface area contributed by atoms with E-state index in [9.17, 15) is 19.5 Å². The van der Waals surface area contributed by atoms with Crippen molar-refractivity contribution in [2.24, 2.45) is 11.8 Å². The first-order chi connectivity index (χ1) is 19.5. The third kappa shape index (κ3) is 4.49. The molecule has 1 unspecified atom stereocenters. The van der Waals surface area contributed by atoms with Gasteiger partial charge in [-0.3, -0.25) is 19.3 Å². The SMILES string of the molecule is CC[C@@H](CO)N1C(=O)[C@@H]2[C@H]3C(=O)N(c4ccccc4)CC=C[C@H]3S[C@@]23C=CCN(CCN2CCOCC2)C(=O)C13. The second kappa shape index (κ2) is 11.3. The van der Waals surface area contributed by atoms with Crippen molar-refractivity contribution in [3.05, 3.63) is 54.6 Å². The zero-order chi connectivity index (χ0) is 27.9. The van der Waals surface area contributed by atoms with E-state index in [4.69, 9.17) is 4.74 Å². The summed E-state index contributed by atoms with van der Waals surface area (Å²) in [6.45, 7) is 6.96. The van der Waals surface area contributed by atoms with E-state index in [2.05, 4.69) is 11.0 Å². The molecule has 0 saturated carbocycles. The largest absolute Gasteiger partial charge is 0.394 e. The number of hydrogen-bond acceptors (Lipinski definition) is 7. The van der Waals surface area contributed by atoms with Gasteiger partial charge in [0.15, 0.2) is 0 Å². The zero-order valence-electron chi connectivity index (χ0n) is 22.9. The van der Waals surface area contributed by atoms with E-state index in [1.807, 2.05) is 60.4 Å². The molecular formula is C30H38N4O5S. The summed E-state index contributed by atoms with van der Waals surface area (Å²) in [6, 6.07) is 8.30. The number of rotatable bonds is 7. The summed E-state index contributed by atoms with van der Waals surface area (Å²) < 4.78 is 4.60. The van der Waals surface area contributed by atoms with Crippen LogP contribution in [0.25, 0.3) is 0 Å². The lowest BCUT2D eigenvalue weighted by molar-refractivity contribution is -0.145. The quantitative estimate of drug-likeness (QED) is 0.499. The van der Waals surface area contributed by atoms with E-state index in [0.717, 1.165) is 25.3 Å². The van der Waals surface area contributed by atoms with Crippen LogP contribution in [0, 0.1) is 11.8 Å². The summed E-state index contributed by atoms with van der Waals surface area (Å²) in [4.78, 5) is 50.6. The molecule has 0 aliphatic carbocycles. The van der Waals surface area contributed by atoms with Gasteiger partial charge in [0.05, 0.1) is 42.4 Å². The highest BCUT2D eigenvalue weighted by Gasteiger charge is 2.71. The Hall–Kier alpha value is -2.66. The Balaban J connectivity index is 1.36. The molecule has 1 aromatic rings. The third-order valence-corrected chi connectivity index (χ3v) is 10.9. The number of ether oxygens (including phenoxy) is 1. The number of morpholine rings is 1. The van der Waals surface area contributed by atoms with Crippen molar-refractivity contribution >= 4 is 35.2 Å². The Bertz CT molecular complexity index is 1180. The fourth-order valence-corrected chi connectivity index (χ4v) is 9.05. The van der Waals surface area contributed by atoms with Gasteiger partial charge in [0, 0.05) is 50.2 Å². The summed E-state index contributed by atoms with van der Waals surface area (Å²) in [5.74, 6) is -1.67. The van der Waals surface area contributed by atoms with Crippen molar-refractivity contribution < 1.29 is 24.2 Å². The molecule has 5 aliphatic rings. The number of thioether (sulfide) groups is 1. The highest BCUT2D eigenvalue weighted by molar-refractivity contribution is 8.02. The van der Waals surface area contributed by atoms with Crippen LogP contribution in [0.1, 0.15) is 13.3 Å². The molecule has 6 rings (SSSR count). The van der Waals surface area contributed by atoms with Crippen molar-refractivity contribution in [2.75, 3.05) is 64.0 Å². The number of amides is 3. The fourth-order valence-electron chi connectivity index (χ4n) is 7.06. The number of likely N-dealkylation sites (tertiary alicyclic amines) is 1. The number of para-hydroxylation sites is 1. The van der Waals surface area contributed by atoms with Gasteiger partial charge >= 0.3 is 0 Å². The molecule has 3 saturated heterocycles. The summed E-state index contributed by atoms with van der Waals surface area (Å²) in [5.41, 5.74) is 0.797. The van der Waals surface area contributed by atoms with Gasteiger partial charge in [-0.15, -0.1) is 11.8 Å². The van der Waals surface area contributed by atoms with Crippen molar-refractivity contribution in [2.45, 2.75) is 35.4 Å². The molecule has 40 heavy (non-hydrogen) atoms. The standard InChI is InChI=1S/C30H38N4O5S/c1-2-21(20-35)34-26-29(38)32(15-14-31-16-18-39-19-17-31)12-7-11-30(26)25(28(34)37)24-23(40-30)10-6-13-33(27(24)36)22-8-4-3-5-9-22/h3-11,21,23-26,35H,2,12-20H2,1H3/t21-,23+,24-,25-,26?,30-/m0/s1. The van der Waals surface area contributed by atoms with Gasteiger partial charge in [-0.1, -0.05) is 49.4 Å². The first-order valence-electron chi connectivity index (χ1n) is 14.4. The summed E-state index contributed by atoms with van der Waals surface area (Å²) >= 11 is 1.58. The minimum absolute atomic E-state index is 0.0872. The number of benzene rings is 1. The van der Waals surface area contributed by atoms with E-state index < -0.39 is 28.7 Å². The number of carbonyl (C=O) groups is 3. The number of aliphatic hydroxyl groups excluding tert-OH is 1. The minimum atomic E-state index is -0.875. The summed E-state index contributed by atoms with van der Waals surface area (Å²) in [6.07, 6.45) is 8.65. The lowest BCUT2D eigenvalue weighted by Crippen LogP contribution is -2.57. The molecule has 214 valence electrons. The first kappa shape index (κ1) is 27.5. The lowest BCUT2D eigenvalue weighted by atomic mass is 9.78. The summed E-state index contributed by atoms with van der Waals surface area (Å²) in [5, 5.41) is 10.1. The maximum Gasteiger partial charge on any atom is 0.247 e. The Morgan fingerprint density at radius 3 is 2.52 bits per heavy atom. The molecule has 10 heteroatoms. The van der Waals surface area contributed by atoms with Crippen molar-refractivity contribution in [1.29, 1.82) is 0 Å². The van der Waals surface area contributed by atoms with E-state index >= 15 is 0 Å². The average molecular weight is 567 g/mol. The zero-order valence-corrected chi connectivity index (χ0v) is 23.7. The smallest absolute Gasteiger partial charge is 0.247 e. The molecule has 0 aromatic heterocycles. The number of hydrogen-bond donors (Lipinski definition) is 1. The molecule has 5 heterocycles. The van der Waals surface area contributed by atoms with Crippen LogP contribution in [0.2, 0.25) is 0 Å². The van der Waals surface area contributed by atoms with Gasteiger partial charge in [0.25, 0.3) is 0 Å². The molecule has 3 fully saturated rings. The molecule has 0 radical (unpaired) electrons. The van der Waals surface area contributed by atoms with Crippen LogP contribution in [0.5, 0.6) is 0 Å². The maximum atomic E-state index is 14.4. The van der Waals surface area contributed by atoms with Crippen LogP contribution in [0.15, 0.2) is 54.6 Å². The average Bonchev–Trinajstić information content (AvgIpc) is 3.30. The van der Waals surface area contributed by atoms with Crippen LogP contribution in [0.4, 0.5) is 5.69 Å². The number of aliphatic hydroxyl groups is 1. The molecule has 1 aromatic carbocycles. The van der Waals surface area contributed by atoms with Gasteiger partial charge in [-0.25, -0.2) is 0 Å². The Morgan fingerprint density at radius 1 is 1.02 bits per heavy atom. The van der Waals surface area contributed by atoms with Gasteiger partial charge in [-0.05, 0) is 18.6 Å². The Kier molecular flexibility index (Phi) is 7.78. The molecule has 9 nitrogen and oxygen atoms in total. The normalized spacial score (nSPS) is 33.0. The third-order valence-electron chi connectivity index (χ3n) is 9.11. The monoisotopic (exact) mass is 566 g/mol.